The molecule has 2 heterocycles. The molecule has 6 heteroatoms. The van der Waals surface area contributed by atoms with Gasteiger partial charge >= 0.3 is 0 Å². The van der Waals surface area contributed by atoms with Gasteiger partial charge in [-0.3, -0.25) is 4.79 Å². The van der Waals surface area contributed by atoms with Crippen molar-refractivity contribution in [2.24, 2.45) is 0 Å². The first-order valence-electron chi connectivity index (χ1n) is 7.63. The van der Waals surface area contributed by atoms with Gasteiger partial charge in [-0.25, -0.2) is 9.97 Å². The third-order valence-electron chi connectivity index (χ3n) is 4.03. The van der Waals surface area contributed by atoms with Crippen molar-refractivity contribution in [1.29, 1.82) is 0 Å². The third kappa shape index (κ3) is 3.23. The normalized spacial score (nSPS) is 20.4. The van der Waals surface area contributed by atoms with E-state index in [9.17, 15) is 9.90 Å². The highest BCUT2D eigenvalue weighted by Crippen LogP contribution is 2.21. The van der Waals surface area contributed by atoms with Crippen LogP contribution in [0.4, 0.5) is 0 Å². The van der Waals surface area contributed by atoms with Crippen molar-refractivity contribution in [2.75, 3.05) is 19.8 Å². The molecule has 0 spiro atoms. The highest BCUT2D eigenvalue weighted by molar-refractivity contribution is 5.95. The number of benzene rings is 1. The average Bonchev–Trinajstić information content (AvgIpc) is 3.02. The molecule has 1 N–H and O–H groups in total. The largest absolute Gasteiger partial charge is 0.388 e. The number of aliphatic hydroxyl groups excluding tert-OH is 1. The van der Waals surface area contributed by atoms with Crippen LogP contribution in [-0.2, 0) is 4.74 Å². The molecule has 6 nitrogen and oxygen atoms in total. The molecular formula is C17H19N3O3. The van der Waals surface area contributed by atoms with Gasteiger partial charge in [-0.1, -0.05) is 12.1 Å². The molecule has 1 aromatic carbocycles. The third-order valence-corrected chi connectivity index (χ3v) is 4.03. The van der Waals surface area contributed by atoms with Crippen molar-refractivity contribution in [3.8, 4) is 11.1 Å². The smallest absolute Gasteiger partial charge is 0.254 e. The summed E-state index contributed by atoms with van der Waals surface area (Å²) in [6.45, 7) is 3.06. The Bertz CT molecular complexity index is 678. The van der Waals surface area contributed by atoms with Crippen LogP contribution in [-0.4, -0.2) is 57.8 Å². The second kappa shape index (κ2) is 6.85. The van der Waals surface area contributed by atoms with Crippen LogP contribution >= 0.6 is 0 Å². The van der Waals surface area contributed by atoms with Crippen molar-refractivity contribution < 1.29 is 14.6 Å². The Morgan fingerprint density at radius 3 is 2.74 bits per heavy atom. The van der Waals surface area contributed by atoms with Gasteiger partial charge in [0.2, 0.25) is 0 Å². The number of amides is 1. The Balaban J connectivity index is 1.87. The van der Waals surface area contributed by atoms with Gasteiger partial charge in [0.25, 0.3) is 5.91 Å². The molecule has 23 heavy (non-hydrogen) atoms. The lowest BCUT2D eigenvalue weighted by Crippen LogP contribution is -2.46. The number of ether oxygens (including phenoxy) is 1. The van der Waals surface area contributed by atoms with Crippen molar-refractivity contribution in [3.63, 3.8) is 0 Å². The number of rotatable bonds is 4. The Labute approximate surface area is 134 Å². The van der Waals surface area contributed by atoms with Crippen LogP contribution in [0.5, 0.6) is 0 Å². The van der Waals surface area contributed by atoms with Gasteiger partial charge in [0.05, 0.1) is 25.4 Å². The summed E-state index contributed by atoms with van der Waals surface area (Å²) in [5.41, 5.74) is 2.32. The van der Waals surface area contributed by atoms with Gasteiger partial charge in [-0.05, 0) is 24.6 Å². The topological polar surface area (TPSA) is 75.6 Å². The van der Waals surface area contributed by atoms with Crippen LogP contribution in [0.1, 0.15) is 17.3 Å². The molecule has 1 aliphatic rings. The molecule has 1 fully saturated rings. The molecule has 0 aliphatic carbocycles. The summed E-state index contributed by atoms with van der Waals surface area (Å²) in [7, 11) is 0. The molecule has 2 aromatic rings. The first-order chi connectivity index (χ1) is 11.2. The fraction of sp³-hybridized carbons (Fsp3) is 0.353. The molecule has 2 atom stereocenters. The van der Waals surface area contributed by atoms with E-state index in [1.54, 1.807) is 23.4 Å². The fourth-order valence-electron chi connectivity index (χ4n) is 2.80. The lowest BCUT2D eigenvalue weighted by molar-refractivity contribution is 0.0520. The zero-order chi connectivity index (χ0) is 16.2. The van der Waals surface area contributed by atoms with E-state index in [1.807, 2.05) is 25.1 Å². The standard InChI is InChI=1S/C17H19N3O3/c1-2-20(15-9-23-10-16(15)21)17(22)13-5-3-4-12(6-13)14-7-18-11-19-8-14/h3-8,11,15-16,21H,2,9-10H2,1H3/t15-,16-/m0/s1. The van der Waals surface area contributed by atoms with E-state index < -0.39 is 6.10 Å². The monoisotopic (exact) mass is 313 g/mol. The van der Waals surface area contributed by atoms with Crippen LogP contribution in [0, 0.1) is 0 Å². The molecule has 0 unspecified atom stereocenters. The van der Waals surface area contributed by atoms with E-state index in [-0.39, 0.29) is 18.6 Å². The van der Waals surface area contributed by atoms with Crippen molar-refractivity contribution in [1.82, 2.24) is 14.9 Å². The minimum absolute atomic E-state index is 0.110. The summed E-state index contributed by atoms with van der Waals surface area (Å²) in [5.74, 6) is -0.110. The molecular weight excluding hydrogens is 294 g/mol. The predicted molar refractivity (Wildman–Crippen MR) is 84.8 cm³/mol. The quantitative estimate of drug-likeness (QED) is 0.922. The predicted octanol–water partition coefficient (Wildman–Crippen LogP) is 1.37. The molecule has 1 aromatic heterocycles. The summed E-state index contributed by atoms with van der Waals surface area (Å²) in [6.07, 6.45) is 4.26. The van der Waals surface area contributed by atoms with Gasteiger partial charge in [-0.15, -0.1) is 0 Å². The number of aliphatic hydroxyl groups is 1. The maximum atomic E-state index is 12.8. The molecule has 120 valence electrons. The van der Waals surface area contributed by atoms with Crippen molar-refractivity contribution in [2.45, 2.75) is 19.1 Å². The van der Waals surface area contributed by atoms with E-state index in [2.05, 4.69) is 9.97 Å². The number of hydrogen-bond donors (Lipinski definition) is 1. The molecule has 0 bridgehead atoms. The zero-order valence-electron chi connectivity index (χ0n) is 12.9. The second-order valence-corrected chi connectivity index (χ2v) is 5.47. The maximum absolute atomic E-state index is 12.8. The first kappa shape index (κ1) is 15.6. The molecule has 1 amide bonds. The molecule has 1 aliphatic heterocycles. The van der Waals surface area contributed by atoms with E-state index in [0.29, 0.717) is 18.7 Å². The minimum atomic E-state index is -0.635. The summed E-state index contributed by atoms with van der Waals surface area (Å²) < 4.78 is 5.27. The number of carbonyl (C=O) groups is 1. The molecule has 0 saturated carbocycles. The Kier molecular flexibility index (Phi) is 4.64. The number of carbonyl (C=O) groups excluding carboxylic acids is 1. The van der Waals surface area contributed by atoms with E-state index in [1.165, 1.54) is 6.33 Å². The number of likely N-dealkylation sites (N-methyl/N-ethyl adjacent to an activating group) is 1. The Morgan fingerprint density at radius 2 is 2.09 bits per heavy atom. The zero-order valence-corrected chi connectivity index (χ0v) is 12.9. The van der Waals surface area contributed by atoms with Crippen molar-refractivity contribution in [3.05, 3.63) is 48.5 Å². The Hall–Kier alpha value is -2.31. The SMILES string of the molecule is CCN(C(=O)c1cccc(-c2cncnc2)c1)[C@H]1COC[C@@H]1O. The van der Waals surface area contributed by atoms with Crippen LogP contribution in [0.3, 0.4) is 0 Å². The van der Waals surface area contributed by atoms with Gasteiger partial charge in [0.1, 0.15) is 6.33 Å². The van der Waals surface area contributed by atoms with Crippen LogP contribution in [0.2, 0.25) is 0 Å². The highest BCUT2D eigenvalue weighted by atomic mass is 16.5. The van der Waals surface area contributed by atoms with Gasteiger partial charge in [0.15, 0.2) is 0 Å². The van der Waals surface area contributed by atoms with E-state index >= 15 is 0 Å². The van der Waals surface area contributed by atoms with Gasteiger partial charge in [0, 0.05) is 30.1 Å². The summed E-state index contributed by atoms with van der Waals surface area (Å²) >= 11 is 0. The van der Waals surface area contributed by atoms with Crippen LogP contribution < -0.4 is 0 Å². The lowest BCUT2D eigenvalue weighted by atomic mass is 10.0. The molecule has 0 radical (unpaired) electrons. The second-order valence-electron chi connectivity index (χ2n) is 5.47. The molecule has 1 saturated heterocycles. The number of hydrogen-bond acceptors (Lipinski definition) is 5. The minimum Gasteiger partial charge on any atom is -0.388 e. The fourth-order valence-corrected chi connectivity index (χ4v) is 2.80. The van der Waals surface area contributed by atoms with Crippen LogP contribution in [0.15, 0.2) is 43.0 Å². The summed E-state index contributed by atoms with van der Waals surface area (Å²) in [5, 5.41) is 9.98. The average molecular weight is 313 g/mol. The van der Waals surface area contributed by atoms with E-state index in [4.69, 9.17) is 4.74 Å². The van der Waals surface area contributed by atoms with Gasteiger partial charge in [-0.2, -0.15) is 0 Å². The highest BCUT2D eigenvalue weighted by Gasteiger charge is 2.34. The van der Waals surface area contributed by atoms with Gasteiger partial charge < -0.3 is 14.7 Å². The Morgan fingerprint density at radius 1 is 1.30 bits per heavy atom. The summed E-state index contributed by atoms with van der Waals surface area (Å²) in [6, 6.07) is 7.06. The number of aromatic nitrogens is 2. The maximum Gasteiger partial charge on any atom is 0.254 e. The van der Waals surface area contributed by atoms with E-state index in [0.717, 1.165) is 11.1 Å². The van der Waals surface area contributed by atoms with Crippen LogP contribution in [0.25, 0.3) is 11.1 Å². The van der Waals surface area contributed by atoms with Crippen molar-refractivity contribution >= 4 is 5.91 Å². The summed E-state index contributed by atoms with van der Waals surface area (Å²) in [4.78, 5) is 22.5. The molecule has 3 rings (SSSR count). The number of nitrogens with zero attached hydrogens (tertiary/aromatic N) is 3. The first-order valence-corrected chi connectivity index (χ1v) is 7.63. The lowest BCUT2D eigenvalue weighted by Gasteiger charge is -2.29.